The molecule has 7 nitrogen and oxygen atoms in total. The molecule has 2 amide bonds. The third-order valence-corrected chi connectivity index (χ3v) is 4.13. The van der Waals surface area contributed by atoms with Crippen LogP contribution in [-0.2, 0) is 14.3 Å². The quantitative estimate of drug-likeness (QED) is 0.528. The standard InChI is InChI=1S/C22H24N2O5/c1-14(23-22(28)17-9-5-4-6-10-17)13-20(26)29-16(3)21(27)24-19-12-8-7-11-18(19)15(2)25/h4-12,14,16H,13H2,1-3H3,(H,23,28)(H,24,27). The van der Waals surface area contributed by atoms with Gasteiger partial charge in [-0.3, -0.25) is 19.2 Å². The van der Waals surface area contributed by atoms with Gasteiger partial charge in [0.05, 0.1) is 12.1 Å². The van der Waals surface area contributed by atoms with Crippen LogP contribution in [0.5, 0.6) is 0 Å². The van der Waals surface area contributed by atoms with E-state index in [9.17, 15) is 19.2 Å². The number of esters is 1. The maximum Gasteiger partial charge on any atom is 0.308 e. The van der Waals surface area contributed by atoms with E-state index < -0.39 is 24.0 Å². The van der Waals surface area contributed by atoms with Crippen LogP contribution < -0.4 is 10.6 Å². The molecule has 0 saturated heterocycles. The maximum absolute atomic E-state index is 12.3. The van der Waals surface area contributed by atoms with Crippen LogP contribution in [0.15, 0.2) is 54.6 Å². The minimum Gasteiger partial charge on any atom is -0.452 e. The molecule has 2 aromatic rings. The number of rotatable bonds is 8. The Kier molecular flexibility index (Phi) is 7.65. The fourth-order valence-corrected chi connectivity index (χ4v) is 2.63. The average Bonchev–Trinajstić information content (AvgIpc) is 2.68. The Bertz CT molecular complexity index is 895. The number of ether oxygens (including phenoxy) is 1. The van der Waals surface area contributed by atoms with Crippen molar-refractivity contribution in [2.24, 2.45) is 0 Å². The topological polar surface area (TPSA) is 102 Å². The smallest absolute Gasteiger partial charge is 0.308 e. The van der Waals surface area contributed by atoms with E-state index in [0.29, 0.717) is 16.8 Å². The highest BCUT2D eigenvalue weighted by Gasteiger charge is 2.21. The number of hydrogen-bond acceptors (Lipinski definition) is 5. The van der Waals surface area contributed by atoms with E-state index in [0.717, 1.165) is 0 Å². The van der Waals surface area contributed by atoms with Crippen LogP contribution in [0.4, 0.5) is 5.69 Å². The second kappa shape index (κ2) is 10.2. The van der Waals surface area contributed by atoms with Gasteiger partial charge in [0, 0.05) is 17.2 Å². The summed E-state index contributed by atoms with van der Waals surface area (Å²) in [5.41, 5.74) is 1.22. The first kappa shape index (κ1) is 21.8. The first-order valence-corrected chi connectivity index (χ1v) is 9.24. The van der Waals surface area contributed by atoms with E-state index in [-0.39, 0.29) is 18.1 Å². The number of anilines is 1. The van der Waals surface area contributed by atoms with E-state index in [1.54, 1.807) is 61.5 Å². The van der Waals surface area contributed by atoms with Gasteiger partial charge in [0.15, 0.2) is 11.9 Å². The SMILES string of the molecule is CC(=O)c1ccccc1NC(=O)C(C)OC(=O)CC(C)NC(=O)c1ccccc1. The Balaban J connectivity index is 1.86. The summed E-state index contributed by atoms with van der Waals surface area (Å²) >= 11 is 0. The van der Waals surface area contributed by atoms with E-state index in [1.165, 1.54) is 13.8 Å². The minimum absolute atomic E-state index is 0.0831. The second-order valence-corrected chi connectivity index (χ2v) is 6.67. The van der Waals surface area contributed by atoms with Crippen LogP contribution in [0.3, 0.4) is 0 Å². The normalized spacial score (nSPS) is 12.4. The summed E-state index contributed by atoms with van der Waals surface area (Å²) in [6.07, 6.45) is -1.14. The summed E-state index contributed by atoms with van der Waals surface area (Å²) < 4.78 is 5.16. The largest absolute Gasteiger partial charge is 0.452 e. The van der Waals surface area contributed by atoms with Crippen LogP contribution >= 0.6 is 0 Å². The molecule has 0 aliphatic carbocycles. The first-order valence-electron chi connectivity index (χ1n) is 9.24. The van der Waals surface area contributed by atoms with Crippen LogP contribution in [0.25, 0.3) is 0 Å². The molecule has 152 valence electrons. The summed E-state index contributed by atoms with van der Waals surface area (Å²) in [6, 6.07) is 14.8. The van der Waals surface area contributed by atoms with Crippen molar-refractivity contribution in [2.75, 3.05) is 5.32 Å². The molecule has 0 aliphatic rings. The van der Waals surface area contributed by atoms with Gasteiger partial charge in [-0.15, -0.1) is 0 Å². The zero-order valence-electron chi connectivity index (χ0n) is 16.6. The van der Waals surface area contributed by atoms with Gasteiger partial charge < -0.3 is 15.4 Å². The number of benzene rings is 2. The monoisotopic (exact) mass is 396 g/mol. The van der Waals surface area contributed by atoms with Crippen molar-refractivity contribution in [1.29, 1.82) is 0 Å². The molecule has 29 heavy (non-hydrogen) atoms. The number of carbonyl (C=O) groups is 4. The Morgan fingerprint density at radius 3 is 2.21 bits per heavy atom. The number of amides is 2. The molecule has 0 aromatic heterocycles. The maximum atomic E-state index is 12.3. The number of Topliss-reactive ketones (excluding diaryl/α,β-unsaturated/α-hetero) is 1. The predicted octanol–water partition coefficient (Wildman–Crippen LogP) is 2.97. The Hall–Kier alpha value is -3.48. The zero-order chi connectivity index (χ0) is 21.4. The Morgan fingerprint density at radius 2 is 1.55 bits per heavy atom. The molecule has 0 saturated carbocycles. The molecule has 2 unspecified atom stereocenters. The lowest BCUT2D eigenvalue weighted by atomic mass is 10.1. The van der Waals surface area contributed by atoms with Gasteiger partial charge >= 0.3 is 5.97 Å². The van der Waals surface area contributed by atoms with E-state index in [2.05, 4.69) is 10.6 Å². The van der Waals surface area contributed by atoms with Crippen LogP contribution in [0.1, 0.15) is 47.9 Å². The molecule has 2 rings (SSSR count). The molecule has 0 radical (unpaired) electrons. The van der Waals surface area contributed by atoms with Crippen LogP contribution in [-0.4, -0.2) is 35.7 Å². The molecule has 0 fully saturated rings. The highest BCUT2D eigenvalue weighted by Crippen LogP contribution is 2.16. The molecule has 0 heterocycles. The van der Waals surface area contributed by atoms with Gasteiger partial charge in [0.2, 0.25) is 0 Å². The highest BCUT2D eigenvalue weighted by molar-refractivity contribution is 6.04. The minimum atomic E-state index is -1.06. The molecular weight excluding hydrogens is 372 g/mol. The van der Waals surface area contributed by atoms with Crippen molar-refractivity contribution in [3.05, 3.63) is 65.7 Å². The van der Waals surface area contributed by atoms with E-state index in [4.69, 9.17) is 4.74 Å². The van der Waals surface area contributed by atoms with Gasteiger partial charge in [0.25, 0.3) is 11.8 Å². The van der Waals surface area contributed by atoms with Gasteiger partial charge in [-0.25, -0.2) is 0 Å². The number of carbonyl (C=O) groups excluding carboxylic acids is 4. The van der Waals surface area contributed by atoms with Crippen LogP contribution in [0, 0.1) is 0 Å². The predicted molar refractivity (Wildman–Crippen MR) is 109 cm³/mol. The summed E-state index contributed by atoms with van der Waals surface area (Å²) in [7, 11) is 0. The van der Waals surface area contributed by atoms with Gasteiger partial charge in [-0.1, -0.05) is 30.3 Å². The average molecular weight is 396 g/mol. The van der Waals surface area contributed by atoms with Gasteiger partial charge in [-0.2, -0.15) is 0 Å². The third-order valence-electron chi connectivity index (χ3n) is 4.13. The fourth-order valence-electron chi connectivity index (χ4n) is 2.63. The van der Waals surface area contributed by atoms with Gasteiger partial charge in [0.1, 0.15) is 0 Å². The molecule has 7 heteroatoms. The van der Waals surface area contributed by atoms with Crippen molar-refractivity contribution in [1.82, 2.24) is 5.32 Å². The van der Waals surface area contributed by atoms with Crippen molar-refractivity contribution in [3.63, 3.8) is 0 Å². The summed E-state index contributed by atoms with van der Waals surface area (Å²) in [6.45, 7) is 4.52. The Morgan fingerprint density at radius 1 is 0.931 bits per heavy atom. The Labute approximate surface area is 169 Å². The van der Waals surface area contributed by atoms with Crippen LogP contribution in [0.2, 0.25) is 0 Å². The number of hydrogen-bond donors (Lipinski definition) is 2. The molecule has 0 bridgehead atoms. The first-order chi connectivity index (χ1) is 13.8. The lowest BCUT2D eigenvalue weighted by Crippen LogP contribution is -2.36. The van der Waals surface area contributed by atoms with Crippen molar-refractivity contribution >= 4 is 29.3 Å². The molecular formula is C22H24N2O5. The van der Waals surface area contributed by atoms with Gasteiger partial charge in [-0.05, 0) is 45.0 Å². The molecule has 2 N–H and O–H groups in total. The lowest BCUT2D eigenvalue weighted by Gasteiger charge is -2.17. The fraction of sp³-hybridized carbons (Fsp3) is 0.273. The molecule has 2 aromatic carbocycles. The number of para-hydroxylation sites is 1. The summed E-state index contributed by atoms with van der Waals surface area (Å²) in [5, 5.41) is 5.31. The lowest BCUT2D eigenvalue weighted by molar-refractivity contribution is -0.153. The number of nitrogens with one attached hydrogen (secondary N) is 2. The van der Waals surface area contributed by atoms with Crippen molar-refractivity contribution in [3.8, 4) is 0 Å². The molecule has 0 spiro atoms. The zero-order valence-corrected chi connectivity index (χ0v) is 16.6. The number of ketones is 1. The summed E-state index contributed by atoms with van der Waals surface area (Å²) in [4.78, 5) is 48.1. The summed E-state index contributed by atoms with van der Waals surface area (Å²) in [5.74, 6) is -1.65. The second-order valence-electron chi connectivity index (χ2n) is 6.67. The van der Waals surface area contributed by atoms with Crippen molar-refractivity contribution in [2.45, 2.75) is 39.3 Å². The van der Waals surface area contributed by atoms with E-state index >= 15 is 0 Å². The molecule has 2 atom stereocenters. The third kappa shape index (κ3) is 6.57. The molecule has 0 aliphatic heterocycles. The van der Waals surface area contributed by atoms with E-state index in [1.807, 2.05) is 0 Å². The van der Waals surface area contributed by atoms with Crippen molar-refractivity contribution < 1.29 is 23.9 Å². The highest BCUT2D eigenvalue weighted by atomic mass is 16.5.